The minimum Gasteiger partial charge on any atom is -0.289 e. The lowest BCUT2D eigenvalue weighted by atomic mass is 9.98. The van der Waals surface area contributed by atoms with Gasteiger partial charge in [-0.25, -0.2) is 0 Å². The number of ketones is 1. The summed E-state index contributed by atoms with van der Waals surface area (Å²) in [4.78, 5) is 12.2. The Labute approximate surface area is 126 Å². The minimum absolute atomic E-state index is 0.137. The second-order valence-electron chi connectivity index (χ2n) is 4.00. The Balaban J connectivity index is 2.51. The van der Waals surface area contributed by atoms with Crippen molar-refractivity contribution in [3.8, 4) is 0 Å². The summed E-state index contributed by atoms with van der Waals surface area (Å²) < 4.78 is 39.1. The van der Waals surface area contributed by atoms with Gasteiger partial charge in [-0.15, -0.1) is 0 Å². The van der Waals surface area contributed by atoms with Crippen LogP contribution in [0, 0.1) is 0 Å². The van der Waals surface area contributed by atoms with Gasteiger partial charge in [0.25, 0.3) is 0 Å². The van der Waals surface area contributed by atoms with E-state index < -0.39 is 17.5 Å². The summed E-state index contributed by atoms with van der Waals surface area (Å²) in [7, 11) is 0. The summed E-state index contributed by atoms with van der Waals surface area (Å²) in [6.45, 7) is 0. The molecule has 0 unspecified atom stereocenters. The molecule has 1 nitrogen and oxygen atoms in total. The highest BCUT2D eigenvalue weighted by molar-refractivity contribution is 9.10. The van der Waals surface area contributed by atoms with Crippen LogP contribution in [0.4, 0.5) is 13.2 Å². The summed E-state index contributed by atoms with van der Waals surface area (Å²) >= 11 is 8.94. The first-order valence-electron chi connectivity index (χ1n) is 5.46. The summed E-state index contributed by atoms with van der Waals surface area (Å²) in [5.74, 6) is -0.699. The molecule has 0 saturated carbocycles. The Morgan fingerprint density at radius 2 is 1.75 bits per heavy atom. The fourth-order valence-corrected chi connectivity index (χ4v) is 2.22. The van der Waals surface area contributed by atoms with Crippen molar-refractivity contribution in [1.82, 2.24) is 0 Å². The van der Waals surface area contributed by atoms with E-state index in [9.17, 15) is 18.0 Å². The minimum atomic E-state index is -4.57. The van der Waals surface area contributed by atoms with Crippen molar-refractivity contribution in [1.29, 1.82) is 0 Å². The number of hydrogen-bond acceptors (Lipinski definition) is 1. The van der Waals surface area contributed by atoms with Crippen LogP contribution in [-0.2, 0) is 6.18 Å². The van der Waals surface area contributed by atoms with Gasteiger partial charge >= 0.3 is 6.18 Å². The maximum absolute atomic E-state index is 12.9. The van der Waals surface area contributed by atoms with Gasteiger partial charge < -0.3 is 0 Å². The molecule has 2 aromatic carbocycles. The zero-order valence-electron chi connectivity index (χ0n) is 9.84. The smallest absolute Gasteiger partial charge is 0.289 e. The Morgan fingerprint density at radius 3 is 2.35 bits per heavy atom. The van der Waals surface area contributed by atoms with E-state index in [4.69, 9.17) is 11.6 Å². The first-order valence-corrected chi connectivity index (χ1v) is 6.64. The molecule has 0 aromatic heterocycles. The zero-order valence-corrected chi connectivity index (χ0v) is 12.2. The maximum Gasteiger partial charge on any atom is 0.417 e. The summed E-state index contributed by atoms with van der Waals surface area (Å²) in [5, 5.41) is 0.380. The quantitative estimate of drug-likeness (QED) is 0.657. The molecule has 2 aromatic rings. The van der Waals surface area contributed by atoms with Crippen molar-refractivity contribution in [2.75, 3.05) is 0 Å². The Morgan fingerprint density at radius 1 is 1.10 bits per heavy atom. The summed E-state index contributed by atoms with van der Waals surface area (Å²) in [6.07, 6.45) is -4.57. The van der Waals surface area contributed by atoms with Crippen LogP contribution in [0.3, 0.4) is 0 Å². The van der Waals surface area contributed by atoms with Gasteiger partial charge in [0.2, 0.25) is 0 Å². The third kappa shape index (κ3) is 3.04. The average molecular weight is 364 g/mol. The van der Waals surface area contributed by atoms with E-state index in [0.29, 0.717) is 9.50 Å². The number of hydrogen-bond donors (Lipinski definition) is 0. The highest BCUT2D eigenvalue weighted by Crippen LogP contribution is 2.33. The van der Waals surface area contributed by atoms with E-state index in [1.807, 2.05) is 0 Å². The lowest BCUT2D eigenvalue weighted by molar-refractivity contribution is -0.137. The molecule has 20 heavy (non-hydrogen) atoms. The lowest BCUT2D eigenvalue weighted by Gasteiger charge is -2.12. The number of halogens is 5. The number of carbonyl (C=O) groups excluding carboxylic acids is 1. The van der Waals surface area contributed by atoms with E-state index in [1.54, 1.807) is 0 Å². The van der Waals surface area contributed by atoms with Crippen LogP contribution in [-0.4, -0.2) is 5.78 Å². The number of rotatable bonds is 2. The van der Waals surface area contributed by atoms with E-state index in [1.165, 1.54) is 30.3 Å². The molecule has 0 saturated heterocycles. The van der Waals surface area contributed by atoms with E-state index in [0.717, 1.165) is 12.1 Å². The van der Waals surface area contributed by atoms with Gasteiger partial charge in [0.1, 0.15) is 0 Å². The molecule has 0 fully saturated rings. The van der Waals surface area contributed by atoms with Crippen molar-refractivity contribution in [2.24, 2.45) is 0 Å². The first-order chi connectivity index (χ1) is 9.30. The molecule has 0 atom stereocenters. The summed E-state index contributed by atoms with van der Waals surface area (Å²) in [5.41, 5.74) is -1.19. The predicted molar refractivity (Wildman–Crippen MR) is 74.0 cm³/mol. The van der Waals surface area contributed by atoms with Gasteiger partial charge in [-0.3, -0.25) is 4.79 Å². The number of alkyl halides is 3. The second kappa shape index (κ2) is 5.58. The van der Waals surface area contributed by atoms with Crippen LogP contribution < -0.4 is 0 Å². The Bertz CT molecular complexity index is 668. The summed E-state index contributed by atoms with van der Waals surface area (Å²) in [6, 6.07) is 8.94. The van der Waals surface area contributed by atoms with Gasteiger partial charge in [-0.1, -0.05) is 29.8 Å². The first kappa shape index (κ1) is 15.1. The number of benzene rings is 2. The molecule has 0 heterocycles. The van der Waals surface area contributed by atoms with Crippen LogP contribution in [0.15, 0.2) is 46.9 Å². The molecular weight excluding hydrogens is 357 g/mol. The molecule has 0 aliphatic rings. The average Bonchev–Trinajstić information content (AvgIpc) is 2.40. The molecular formula is C14H7BrClF3O. The normalized spacial score (nSPS) is 11.4. The van der Waals surface area contributed by atoms with E-state index in [-0.39, 0.29) is 11.1 Å². The molecule has 0 aliphatic heterocycles. The molecule has 6 heteroatoms. The highest BCUT2D eigenvalue weighted by Gasteiger charge is 2.34. The molecule has 104 valence electrons. The van der Waals surface area contributed by atoms with Gasteiger partial charge in [-0.05, 0) is 40.2 Å². The molecule has 2 rings (SSSR count). The monoisotopic (exact) mass is 362 g/mol. The maximum atomic E-state index is 12.9. The molecule has 0 bridgehead atoms. The van der Waals surface area contributed by atoms with Crippen LogP contribution in [0.2, 0.25) is 5.02 Å². The predicted octanol–water partition coefficient (Wildman–Crippen LogP) is 5.35. The highest BCUT2D eigenvalue weighted by atomic mass is 79.9. The third-order valence-corrected chi connectivity index (χ3v) is 3.87. The number of carbonyl (C=O) groups is 1. The topological polar surface area (TPSA) is 17.1 Å². The van der Waals surface area contributed by atoms with Crippen molar-refractivity contribution in [2.45, 2.75) is 6.18 Å². The van der Waals surface area contributed by atoms with Crippen LogP contribution in [0.5, 0.6) is 0 Å². The van der Waals surface area contributed by atoms with Gasteiger partial charge in [-0.2, -0.15) is 13.2 Å². The van der Waals surface area contributed by atoms with Crippen LogP contribution in [0.1, 0.15) is 21.5 Å². The van der Waals surface area contributed by atoms with Gasteiger partial charge in [0, 0.05) is 15.6 Å². The molecule has 0 spiro atoms. The van der Waals surface area contributed by atoms with Crippen molar-refractivity contribution < 1.29 is 18.0 Å². The third-order valence-electron chi connectivity index (χ3n) is 2.66. The standard InChI is InChI=1S/C14H7BrClF3O/c15-11-7-8(5-6-12(11)16)13(20)9-3-1-2-4-10(9)14(17,18)19/h1-7H. The molecule has 0 amide bonds. The van der Waals surface area contributed by atoms with Crippen LogP contribution in [0.25, 0.3) is 0 Å². The second-order valence-corrected chi connectivity index (χ2v) is 5.26. The fourth-order valence-electron chi connectivity index (χ4n) is 1.72. The molecule has 0 radical (unpaired) electrons. The largest absolute Gasteiger partial charge is 0.417 e. The van der Waals surface area contributed by atoms with Crippen LogP contribution >= 0.6 is 27.5 Å². The Hall–Kier alpha value is -1.33. The zero-order chi connectivity index (χ0) is 14.9. The van der Waals surface area contributed by atoms with Crippen molar-refractivity contribution in [3.05, 3.63) is 68.7 Å². The van der Waals surface area contributed by atoms with Crippen molar-refractivity contribution in [3.63, 3.8) is 0 Å². The molecule has 0 aliphatic carbocycles. The fraction of sp³-hybridized carbons (Fsp3) is 0.0714. The SMILES string of the molecule is O=C(c1ccc(Cl)c(Br)c1)c1ccccc1C(F)(F)F. The van der Waals surface area contributed by atoms with Gasteiger partial charge in [0.15, 0.2) is 5.78 Å². The molecule has 0 N–H and O–H groups in total. The van der Waals surface area contributed by atoms with E-state index in [2.05, 4.69) is 15.9 Å². The van der Waals surface area contributed by atoms with E-state index >= 15 is 0 Å². The van der Waals surface area contributed by atoms with Gasteiger partial charge in [0.05, 0.1) is 10.6 Å². The Kier molecular flexibility index (Phi) is 4.20. The lowest BCUT2D eigenvalue weighted by Crippen LogP contribution is -2.13. The van der Waals surface area contributed by atoms with Crippen molar-refractivity contribution >= 4 is 33.3 Å².